The Balaban J connectivity index is 1.55. The summed E-state index contributed by atoms with van der Waals surface area (Å²) in [5, 5.41) is 2.44. The fourth-order valence-corrected chi connectivity index (χ4v) is 5.28. The maximum Gasteiger partial charge on any atom is 0.272 e. The SMILES string of the molecule is C=CCn1c(SCC(=O)N(Cc2ccccc2)C(C)C2CC2)nc2ccsc2c1=O. The largest absolute Gasteiger partial charge is 0.335 e. The number of hydrogen-bond donors (Lipinski definition) is 0. The number of carbonyl (C=O) groups excluding carboxylic acids is 1. The van der Waals surface area contributed by atoms with E-state index in [0.717, 1.165) is 5.56 Å². The van der Waals surface area contributed by atoms with Crippen LogP contribution in [0.25, 0.3) is 10.2 Å². The first-order valence-electron chi connectivity index (χ1n) is 10.1. The Morgan fingerprint density at radius 1 is 1.37 bits per heavy atom. The molecule has 3 aromatic rings. The topological polar surface area (TPSA) is 55.2 Å². The number of allylic oxidation sites excluding steroid dienone is 1. The zero-order valence-corrected chi connectivity index (χ0v) is 18.6. The van der Waals surface area contributed by atoms with Gasteiger partial charge in [0.05, 0.1) is 11.3 Å². The molecule has 1 aromatic carbocycles. The number of aromatic nitrogens is 2. The molecule has 30 heavy (non-hydrogen) atoms. The Bertz CT molecular complexity index is 1100. The number of nitrogens with zero attached hydrogens (tertiary/aromatic N) is 3. The van der Waals surface area contributed by atoms with Crippen LogP contribution in [0, 0.1) is 5.92 Å². The van der Waals surface area contributed by atoms with Crippen molar-refractivity contribution in [2.45, 2.75) is 44.1 Å². The maximum absolute atomic E-state index is 13.2. The van der Waals surface area contributed by atoms with Crippen LogP contribution in [0.1, 0.15) is 25.3 Å². The number of thiophene rings is 1. The molecule has 0 N–H and O–H groups in total. The second-order valence-electron chi connectivity index (χ2n) is 7.61. The zero-order valence-electron chi connectivity index (χ0n) is 17.0. The van der Waals surface area contributed by atoms with Crippen LogP contribution in [0.3, 0.4) is 0 Å². The van der Waals surface area contributed by atoms with E-state index < -0.39 is 0 Å². The molecule has 0 bridgehead atoms. The Morgan fingerprint density at radius 2 is 2.13 bits per heavy atom. The molecule has 1 amide bonds. The molecule has 2 aromatic heterocycles. The molecule has 4 rings (SSSR count). The van der Waals surface area contributed by atoms with Gasteiger partial charge in [0.25, 0.3) is 5.56 Å². The van der Waals surface area contributed by atoms with E-state index in [9.17, 15) is 9.59 Å². The van der Waals surface area contributed by atoms with Crippen LogP contribution in [0.5, 0.6) is 0 Å². The van der Waals surface area contributed by atoms with Crippen LogP contribution in [-0.2, 0) is 17.9 Å². The van der Waals surface area contributed by atoms with Gasteiger partial charge in [-0.1, -0.05) is 48.2 Å². The smallest absolute Gasteiger partial charge is 0.272 e. The van der Waals surface area contributed by atoms with Crippen LogP contribution in [0.15, 0.2) is 64.4 Å². The van der Waals surface area contributed by atoms with Gasteiger partial charge in [0.15, 0.2) is 5.16 Å². The molecular weight excluding hydrogens is 414 g/mol. The summed E-state index contributed by atoms with van der Waals surface area (Å²) in [7, 11) is 0. The molecule has 2 heterocycles. The Hall–Kier alpha value is -2.38. The van der Waals surface area contributed by atoms with Gasteiger partial charge in [-0.2, -0.15) is 0 Å². The lowest BCUT2D eigenvalue weighted by atomic mass is 10.1. The Kier molecular flexibility index (Phi) is 6.39. The number of fused-ring (bicyclic) bond motifs is 1. The number of amides is 1. The molecule has 1 saturated carbocycles. The minimum atomic E-state index is -0.0719. The molecule has 1 aliphatic rings. The van der Waals surface area contributed by atoms with Crippen LogP contribution in [0.2, 0.25) is 0 Å². The molecule has 0 radical (unpaired) electrons. The highest BCUT2D eigenvalue weighted by atomic mass is 32.2. The van der Waals surface area contributed by atoms with Gasteiger partial charge >= 0.3 is 0 Å². The number of hydrogen-bond acceptors (Lipinski definition) is 5. The van der Waals surface area contributed by atoms with Gasteiger partial charge in [-0.05, 0) is 42.7 Å². The van der Waals surface area contributed by atoms with Gasteiger partial charge in [-0.15, -0.1) is 17.9 Å². The van der Waals surface area contributed by atoms with Crippen LogP contribution < -0.4 is 5.56 Å². The summed E-state index contributed by atoms with van der Waals surface area (Å²) in [5.74, 6) is 0.915. The predicted molar refractivity (Wildman–Crippen MR) is 124 cm³/mol. The summed E-state index contributed by atoms with van der Waals surface area (Å²) in [5.41, 5.74) is 1.75. The van der Waals surface area contributed by atoms with Crippen molar-refractivity contribution in [2.24, 2.45) is 5.92 Å². The van der Waals surface area contributed by atoms with Gasteiger partial charge in [-0.3, -0.25) is 14.2 Å². The van der Waals surface area contributed by atoms with E-state index in [1.807, 2.05) is 34.5 Å². The minimum absolute atomic E-state index is 0.0719. The third-order valence-corrected chi connectivity index (χ3v) is 7.33. The summed E-state index contributed by atoms with van der Waals surface area (Å²) < 4.78 is 2.25. The number of rotatable bonds is 9. The minimum Gasteiger partial charge on any atom is -0.335 e. The molecule has 5 nitrogen and oxygen atoms in total. The number of thioether (sulfide) groups is 1. The lowest BCUT2D eigenvalue weighted by molar-refractivity contribution is -0.131. The highest BCUT2D eigenvalue weighted by Gasteiger charge is 2.34. The van der Waals surface area contributed by atoms with E-state index in [-0.39, 0.29) is 23.3 Å². The second kappa shape index (κ2) is 9.18. The van der Waals surface area contributed by atoms with Crippen LogP contribution in [-0.4, -0.2) is 32.2 Å². The Labute approximate surface area is 184 Å². The van der Waals surface area contributed by atoms with Crippen molar-refractivity contribution in [3.63, 3.8) is 0 Å². The number of carbonyl (C=O) groups is 1. The molecule has 0 saturated heterocycles. The van der Waals surface area contributed by atoms with Crippen molar-refractivity contribution < 1.29 is 4.79 Å². The van der Waals surface area contributed by atoms with Crippen molar-refractivity contribution >= 4 is 39.2 Å². The zero-order chi connectivity index (χ0) is 21.1. The van der Waals surface area contributed by atoms with E-state index in [4.69, 9.17) is 0 Å². The summed E-state index contributed by atoms with van der Waals surface area (Å²) >= 11 is 2.73. The highest BCUT2D eigenvalue weighted by Crippen LogP contribution is 2.36. The van der Waals surface area contributed by atoms with Crippen molar-refractivity contribution in [1.29, 1.82) is 0 Å². The van der Waals surface area contributed by atoms with E-state index in [1.54, 1.807) is 10.6 Å². The fourth-order valence-electron chi connectivity index (χ4n) is 3.61. The molecule has 0 aliphatic heterocycles. The third-order valence-electron chi connectivity index (χ3n) is 5.48. The summed E-state index contributed by atoms with van der Waals surface area (Å²) in [4.78, 5) is 32.7. The van der Waals surface area contributed by atoms with Gasteiger partial charge in [0.1, 0.15) is 4.70 Å². The van der Waals surface area contributed by atoms with Crippen molar-refractivity contribution in [1.82, 2.24) is 14.5 Å². The van der Waals surface area contributed by atoms with E-state index >= 15 is 0 Å². The van der Waals surface area contributed by atoms with Gasteiger partial charge in [-0.25, -0.2) is 4.98 Å². The normalized spacial score (nSPS) is 14.6. The average molecular weight is 440 g/mol. The molecule has 0 spiro atoms. The third kappa shape index (κ3) is 4.52. The van der Waals surface area contributed by atoms with E-state index in [1.165, 1.54) is 35.9 Å². The fraction of sp³-hybridized carbons (Fsp3) is 0.348. The molecule has 156 valence electrons. The average Bonchev–Trinajstić information content (AvgIpc) is 3.50. The van der Waals surface area contributed by atoms with Gasteiger partial charge in [0.2, 0.25) is 5.91 Å². The van der Waals surface area contributed by atoms with E-state index in [0.29, 0.717) is 34.4 Å². The molecule has 1 fully saturated rings. The standard InChI is InChI=1S/C23H25N3O2S2/c1-3-12-25-22(28)21-19(11-13-29-21)24-23(25)30-15-20(27)26(16(2)18-9-10-18)14-17-7-5-4-6-8-17/h3-8,11,13,16,18H,1,9-10,12,14-15H2,2H3. The van der Waals surface area contributed by atoms with Gasteiger partial charge < -0.3 is 4.90 Å². The first-order valence-corrected chi connectivity index (χ1v) is 12.0. The summed E-state index contributed by atoms with van der Waals surface area (Å²) in [6, 6.07) is 12.2. The molecule has 1 aliphatic carbocycles. The second-order valence-corrected chi connectivity index (χ2v) is 9.47. The maximum atomic E-state index is 13.2. The first kappa shape index (κ1) is 20.9. The first-order chi connectivity index (χ1) is 14.6. The molecule has 7 heteroatoms. The van der Waals surface area contributed by atoms with E-state index in [2.05, 4.69) is 30.6 Å². The van der Waals surface area contributed by atoms with Gasteiger partial charge in [0, 0.05) is 19.1 Å². The lowest BCUT2D eigenvalue weighted by Gasteiger charge is -2.29. The monoisotopic (exact) mass is 439 g/mol. The van der Waals surface area contributed by atoms with Crippen molar-refractivity contribution in [3.8, 4) is 0 Å². The molecule has 1 atom stereocenters. The lowest BCUT2D eigenvalue weighted by Crippen LogP contribution is -2.40. The number of benzene rings is 1. The summed E-state index contributed by atoms with van der Waals surface area (Å²) in [6.07, 6.45) is 4.05. The Morgan fingerprint density at radius 3 is 2.83 bits per heavy atom. The van der Waals surface area contributed by atoms with Crippen LogP contribution in [0.4, 0.5) is 0 Å². The van der Waals surface area contributed by atoms with Crippen molar-refractivity contribution in [3.05, 3.63) is 70.4 Å². The quantitative estimate of drug-likeness (QED) is 0.279. The summed E-state index contributed by atoms with van der Waals surface area (Å²) in [6.45, 7) is 6.89. The molecular formula is C23H25N3O2S2. The van der Waals surface area contributed by atoms with Crippen molar-refractivity contribution in [2.75, 3.05) is 5.75 Å². The highest BCUT2D eigenvalue weighted by molar-refractivity contribution is 7.99. The van der Waals surface area contributed by atoms with Crippen LogP contribution >= 0.6 is 23.1 Å². The molecule has 1 unspecified atom stereocenters. The predicted octanol–water partition coefficient (Wildman–Crippen LogP) is 4.56.